The van der Waals surface area contributed by atoms with E-state index in [1.807, 2.05) is 11.8 Å². The molecule has 126 valence electrons. The Bertz CT molecular complexity index is 659. The summed E-state index contributed by atoms with van der Waals surface area (Å²) in [6.07, 6.45) is 2.17. The Labute approximate surface area is 147 Å². The molecule has 0 aromatic heterocycles. The molecule has 0 bridgehead atoms. The van der Waals surface area contributed by atoms with Gasteiger partial charge in [-0.15, -0.1) is 0 Å². The van der Waals surface area contributed by atoms with Gasteiger partial charge in [-0.1, -0.05) is 36.0 Å². The lowest BCUT2D eigenvalue weighted by Crippen LogP contribution is -2.29. The SMILES string of the molecule is NCCCC(=O)NCCCN1c2ccccc2Sc2ccccc21. The Morgan fingerprint density at radius 3 is 2.25 bits per heavy atom. The van der Waals surface area contributed by atoms with Crippen LogP contribution in [0.3, 0.4) is 0 Å². The van der Waals surface area contributed by atoms with Crippen LogP contribution in [0.1, 0.15) is 19.3 Å². The van der Waals surface area contributed by atoms with Crippen molar-refractivity contribution >= 4 is 29.0 Å². The molecule has 0 spiro atoms. The second kappa shape index (κ2) is 8.22. The fraction of sp³-hybridized carbons (Fsp3) is 0.316. The summed E-state index contributed by atoms with van der Waals surface area (Å²) >= 11 is 1.82. The van der Waals surface area contributed by atoms with E-state index >= 15 is 0 Å². The van der Waals surface area contributed by atoms with Crippen LogP contribution in [-0.4, -0.2) is 25.5 Å². The van der Waals surface area contributed by atoms with E-state index in [1.165, 1.54) is 21.2 Å². The van der Waals surface area contributed by atoms with Gasteiger partial charge in [-0.25, -0.2) is 0 Å². The van der Waals surface area contributed by atoms with Crippen molar-refractivity contribution in [2.45, 2.75) is 29.1 Å². The molecule has 0 atom stereocenters. The van der Waals surface area contributed by atoms with Crippen molar-refractivity contribution < 1.29 is 4.79 Å². The van der Waals surface area contributed by atoms with Crippen LogP contribution in [0.25, 0.3) is 0 Å². The first-order valence-corrected chi connectivity index (χ1v) is 9.21. The molecule has 2 aromatic rings. The molecule has 1 amide bonds. The summed E-state index contributed by atoms with van der Waals surface area (Å²) in [7, 11) is 0. The molecule has 0 saturated heterocycles. The van der Waals surface area contributed by atoms with Crippen LogP contribution < -0.4 is 16.0 Å². The lowest BCUT2D eigenvalue weighted by Gasteiger charge is -2.32. The average Bonchev–Trinajstić information content (AvgIpc) is 2.62. The van der Waals surface area contributed by atoms with Crippen LogP contribution >= 0.6 is 11.8 Å². The first-order chi connectivity index (χ1) is 11.8. The van der Waals surface area contributed by atoms with Crippen molar-refractivity contribution in [3.8, 4) is 0 Å². The van der Waals surface area contributed by atoms with E-state index in [0.717, 1.165) is 19.4 Å². The second-order valence-electron chi connectivity index (χ2n) is 5.78. The van der Waals surface area contributed by atoms with Gasteiger partial charge in [-0.05, 0) is 43.7 Å². The highest BCUT2D eigenvalue weighted by Crippen LogP contribution is 2.47. The second-order valence-corrected chi connectivity index (χ2v) is 6.87. The molecule has 3 rings (SSSR count). The Morgan fingerprint density at radius 2 is 1.62 bits per heavy atom. The first kappa shape index (κ1) is 16.9. The smallest absolute Gasteiger partial charge is 0.220 e. The number of hydrogen-bond acceptors (Lipinski definition) is 4. The number of fused-ring (bicyclic) bond motifs is 2. The van der Waals surface area contributed by atoms with Gasteiger partial charge in [-0.3, -0.25) is 4.79 Å². The largest absolute Gasteiger partial charge is 0.356 e. The molecule has 24 heavy (non-hydrogen) atoms. The molecular formula is C19H23N3OS. The topological polar surface area (TPSA) is 58.4 Å². The zero-order valence-corrected chi connectivity index (χ0v) is 14.5. The van der Waals surface area contributed by atoms with Crippen LogP contribution in [-0.2, 0) is 4.79 Å². The van der Waals surface area contributed by atoms with Crippen LogP contribution in [0.5, 0.6) is 0 Å². The summed E-state index contributed by atoms with van der Waals surface area (Å²) in [5.41, 5.74) is 7.92. The third kappa shape index (κ3) is 3.91. The summed E-state index contributed by atoms with van der Waals surface area (Å²) in [5, 5.41) is 2.98. The van der Waals surface area contributed by atoms with Crippen molar-refractivity contribution in [3.05, 3.63) is 48.5 Å². The summed E-state index contributed by atoms with van der Waals surface area (Å²) < 4.78 is 0. The molecule has 5 heteroatoms. The van der Waals surface area contributed by atoms with Crippen molar-refractivity contribution in [1.29, 1.82) is 0 Å². The number of anilines is 2. The van der Waals surface area contributed by atoms with E-state index in [4.69, 9.17) is 5.73 Å². The van der Waals surface area contributed by atoms with E-state index < -0.39 is 0 Å². The van der Waals surface area contributed by atoms with Gasteiger partial charge in [0.2, 0.25) is 5.91 Å². The fourth-order valence-electron chi connectivity index (χ4n) is 2.84. The number of nitrogens with two attached hydrogens (primary N) is 1. The number of carbonyl (C=O) groups excluding carboxylic acids is 1. The standard InChI is InChI=1S/C19H23N3OS/c20-12-5-11-19(23)21-13-6-14-22-15-7-1-3-9-17(15)24-18-10-4-2-8-16(18)22/h1-4,7-10H,5-6,11-14,20H2,(H,21,23). The van der Waals surface area contributed by atoms with E-state index in [0.29, 0.717) is 19.5 Å². The number of carbonyl (C=O) groups is 1. The predicted molar refractivity (Wildman–Crippen MR) is 99.9 cm³/mol. The summed E-state index contributed by atoms with van der Waals surface area (Å²) in [5.74, 6) is 0.0930. The Kier molecular flexibility index (Phi) is 5.77. The molecule has 3 N–H and O–H groups in total. The lowest BCUT2D eigenvalue weighted by molar-refractivity contribution is -0.121. The monoisotopic (exact) mass is 341 g/mol. The predicted octanol–water partition coefficient (Wildman–Crippen LogP) is 3.53. The molecular weight excluding hydrogens is 318 g/mol. The maximum Gasteiger partial charge on any atom is 0.220 e. The summed E-state index contributed by atoms with van der Waals surface area (Å²) in [6.45, 7) is 2.13. The summed E-state index contributed by atoms with van der Waals surface area (Å²) in [4.78, 5) is 16.6. The molecule has 0 saturated carbocycles. The molecule has 1 aliphatic rings. The van der Waals surface area contributed by atoms with Crippen molar-refractivity contribution in [3.63, 3.8) is 0 Å². The molecule has 0 fully saturated rings. The maximum atomic E-state index is 11.7. The quantitative estimate of drug-likeness (QED) is 0.756. The first-order valence-electron chi connectivity index (χ1n) is 8.40. The van der Waals surface area contributed by atoms with Crippen LogP contribution in [0.4, 0.5) is 11.4 Å². The normalized spacial score (nSPS) is 12.5. The number of para-hydroxylation sites is 2. The van der Waals surface area contributed by atoms with Gasteiger partial charge in [0.1, 0.15) is 0 Å². The molecule has 0 unspecified atom stereocenters. The Morgan fingerprint density at radius 1 is 1.00 bits per heavy atom. The molecule has 0 radical (unpaired) electrons. The average molecular weight is 341 g/mol. The van der Waals surface area contributed by atoms with Crippen molar-refractivity contribution in [1.82, 2.24) is 5.32 Å². The zero-order valence-electron chi connectivity index (χ0n) is 13.7. The van der Waals surface area contributed by atoms with Gasteiger partial charge in [-0.2, -0.15) is 0 Å². The van der Waals surface area contributed by atoms with Gasteiger partial charge >= 0.3 is 0 Å². The number of nitrogens with one attached hydrogen (secondary N) is 1. The maximum absolute atomic E-state index is 11.7. The minimum Gasteiger partial charge on any atom is -0.356 e. The number of amides is 1. The minimum atomic E-state index is 0.0930. The Hall–Kier alpha value is -1.98. The van der Waals surface area contributed by atoms with Crippen LogP contribution in [0.2, 0.25) is 0 Å². The van der Waals surface area contributed by atoms with Crippen molar-refractivity contribution in [2.24, 2.45) is 5.73 Å². The third-order valence-corrected chi connectivity index (χ3v) is 5.15. The number of benzene rings is 2. The van der Waals surface area contributed by atoms with Crippen LogP contribution in [0, 0.1) is 0 Å². The third-order valence-electron chi connectivity index (χ3n) is 4.02. The van der Waals surface area contributed by atoms with Gasteiger partial charge < -0.3 is 16.0 Å². The van der Waals surface area contributed by atoms with E-state index in [1.54, 1.807) is 0 Å². The minimum absolute atomic E-state index is 0.0930. The highest BCUT2D eigenvalue weighted by atomic mass is 32.2. The van der Waals surface area contributed by atoms with Crippen molar-refractivity contribution in [2.75, 3.05) is 24.5 Å². The van der Waals surface area contributed by atoms with E-state index in [9.17, 15) is 4.79 Å². The molecule has 1 aliphatic heterocycles. The highest BCUT2D eigenvalue weighted by Gasteiger charge is 2.22. The zero-order chi connectivity index (χ0) is 16.8. The molecule has 0 aliphatic carbocycles. The molecule has 4 nitrogen and oxygen atoms in total. The van der Waals surface area contributed by atoms with E-state index in [2.05, 4.69) is 58.7 Å². The summed E-state index contributed by atoms with van der Waals surface area (Å²) in [6, 6.07) is 17.0. The van der Waals surface area contributed by atoms with Gasteiger partial charge in [0.05, 0.1) is 11.4 Å². The van der Waals surface area contributed by atoms with E-state index in [-0.39, 0.29) is 5.91 Å². The number of rotatable bonds is 7. The van der Waals surface area contributed by atoms with Crippen LogP contribution in [0.15, 0.2) is 58.3 Å². The fourth-order valence-corrected chi connectivity index (χ4v) is 3.93. The Balaban J connectivity index is 1.64. The van der Waals surface area contributed by atoms with Gasteiger partial charge in [0.15, 0.2) is 0 Å². The number of nitrogens with zero attached hydrogens (tertiary/aromatic N) is 1. The highest BCUT2D eigenvalue weighted by molar-refractivity contribution is 7.99. The molecule has 1 heterocycles. The number of hydrogen-bond donors (Lipinski definition) is 2. The lowest BCUT2D eigenvalue weighted by atomic mass is 10.2. The molecule has 2 aromatic carbocycles. The van der Waals surface area contributed by atoms with Gasteiger partial charge in [0, 0.05) is 29.3 Å². The van der Waals surface area contributed by atoms with Gasteiger partial charge in [0.25, 0.3) is 0 Å².